The fourth-order valence-electron chi connectivity index (χ4n) is 1.43. The lowest BCUT2D eigenvalue weighted by Gasteiger charge is -2.04. The lowest BCUT2D eigenvalue weighted by atomic mass is 10.1. The van der Waals surface area contributed by atoms with Crippen LogP contribution in [0.5, 0.6) is 5.75 Å². The van der Waals surface area contributed by atoms with Gasteiger partial charge in [0, 0.05) is 13.5 Å². The SMILES string of the molecule is COC(=O)CCC(=O)Cc1c(OC)cnn1C. The maximum atomic E-state index is 11.6. The number of ether oxygens (including phenoxy) is 2. The maximum Gasteiger partial charge on any atom is 0.305 e. The molecule has 17 heavy (non-hydrogen) atoms. The van der Waals surface area contributed by atoms with Gasteiger partial charge < -0.3 is 9.47 Å². The van der Waals surface area contributed by atoms with Crippen molar-refractivity contribution in [1.29, 1.82) is 0 Å². The molecular formula is C11H16N2O4. The van der Waals surface area contributed by atoms with Gasteiger partial charge in [-0.3, -0.25) is 14.3 Å². The molecule has 6 nitrogen and oxygen atoms in total. The molecule has 1 rings (SSSR count). The predicted molar refractivity (Wildman–Crippen MR) is 59.7 cm³/mol. The van der Waals surface area contributed by atoms with Crippen molar-refractivity contribution < 1.29 is 19.1 Å². The quantitative estimate of drug-likeness (QED) is 0.677. The molecule has 0 spiro atoms. The normalized spacial score (nSPS) is 10.1. The summed E-state index contributed by atoms with van der Waals surface area (Å²) >= 11 is 0. The second kappa shape index (κ2) is 6.03. The summed E-state index contributed by atoms with van der Waals surface area (Å²) in [4.78, 5) is 22.5. The number of carbonyl (C=O) groups excluding carboxylic acids is 2. The van der Waals surface area contributed by atoms with Crippen LogP contribution in [0.25, 0.3) is 0 Å². The lowest BCUT2D eigenvalue weighted by Crippen LogP contribution is -2.11. The van der Waals surface area contributed by atoms with Gasteiger partial charge in [0.05, 0.1) is 39.0 Å². The van der Waals surface area contributed by atoms with Crippen molar-refractivity contribution in [2.24, 2.45) is 7.05 Å². The molecule has 0 amide bonds. The number of carbonyl (C=O) groups is 2. The summed E-state index contributed by atoms with van der Waals surface area (Å²) in [6.07, 6.45) is 2.04. The topological polar surface area (TPSA) is 70.4 Å². The van der Waals surface area contributed by atoms with Crippen LogP contribution in [0.3, 0.4) is 0 Å². The fraction of sp³-hybridized carbons (Fsp3) is 0.545. The number of hydrogen-bond donors (Lipinski definition) is 0. The van der Waals surface area contributed by atoms with Crippen LogP contribution in [0.2, 0.25) is 0 Å². The fourth-order valence-corrected chi connectivity index (χ4v) is 1.43. The molecule has 0 aromatic carbocycles. The van der Waals surface area contributed by atoms with Crippen LogP contribution in [0.4, 0.5) is 0 Å². The van der Waals surface area contributed by atoms with Crippen LogP contribution in [-0.2, 0) is 27.8 Å². The summed E-state index contributed by atoms with van der Waals surface area (Å²) in [5.41, 5.74) is 0.711. The molecule has 0 bridgehead atoms. The molecule has 0 aliphatic carbocycles. The summed E-state index contributed by atoms with van der Waals surface area (Å²) in [5, 5.41) is 4.00. The van der Waals surface area contributed by atoms with Gasteiger partial charge in [0.25, 0.3) is 0 Å². The van der Waals surface area contributed by atoms with Gasteiger partial charge in [-0.15, -0.1) is 0 Å². The molecule has 0 aliphatic heterocycles. The first-order valence-corrected chi connectivity index (χ1v) is 5.21. The van der Waals surface area contributed by atoms with E-state index < -0.39 is 0 Å². The first-order chi connectivity index (χ1) is 8.08. The standard InChI is InChI=1S/C11H16N2O4/c1-13-9(10(16-2)7-12-13)6-8(14)4-5-11(15)17-3/h7H,4-6H2,1-3H3. The molecule has 94 valence electrons. The summed E-state index contributed by atoms with van der Waals surface area (Å²) in [7, 11) is 4.57. The third-order valence-corrected chi connectivity index (χ3v) is 2.44. The van der Waals surface area contributed by atoms with Gasteiger partial charge in [0.1, 0.15) is 5.78 Å². The Morgan fingerprint density at radius 3 is 2.65 bits per heavy atom. The molecule has 0 saturated heterocycles. The van der Waals surface area contributed by atoms with E-state index in [9.17, 15) is 9.59 Å². The zero-order valence-corrected chi connectivity index (χ0v) is 10.2. The zero-order valence-electron chi connectivity index (χ0n) is 10.2. The summed E-state index contributed by atoms with van der Waals surface area (Å²) in [5.74, 6) is 0.159. The van der Waals surface area contributed by atoms with E-state index in [1.54, 1.807) is 17.9 Å². The minimum Gasteiger partial charge on any atom is -0.493 e. The Morgan fingerprint density at radius 1 is 1.35 bits per heavy atom. The van der Waals surface area contributed by atoms with E-state index in [-0.39, 0.29) is 31.0 Å². The van der Waals surface area contributed by atoms with Crippen LogP contribution < -0.4 is 4.74 Å². The zero-order chi connectivity index (χ0) is 12.8. The van der Waals surface area contributed by atoms with E-state index in [2.05, 4.69) is 9.84 Å². The van der Waals surface area contributed by atoms with Gasteiger partial charge in [0.2, 0.25) is 0 Å². The Balaban J connectivity index is 2.55. The smallest absolute Gasteiger partial charge is 0.305 e. The third kappa shape index (κ3) is 3.58. The Kier molecular flexibility index (Phi) is 4.68. The molecule has 0 saturated carbocycles. The predicted octanol–water partition coefficient (Wildman–Crippen LogP) is 0.493. The average Bonchev–Trinajstić information content (AvgIpc) is 2.67. The van der Waals surface area contributed by atoms with Crippen LogP contribution in [0.1, 0.15) is 18.5 Å². The molecule has 0 fully saturated rings. The number of aryl methyl sites for hydroxylation is 1. The Morgan fingerprint density at radius 2 is 2.06 bits per heavy atom. The third-order valence-electron chi connectivity index (χ3n) is 2.44. The van der Waals surface area contributed by atoms with Crippen molar-refractivity contribution in [3.05, 3.63) is 11.9 Å². The molecule has 1 aromatic rings. The van der Waals surface area contributed by atoms with Crippen LogP contribution in [0, 0.1) is 0 Å². The average molecular weight is 240 g/mol. The monoisotopic (exact) mass is 240 g/mol. The van der Waals surface area contributed by atoms with E-state index in [4.69, 9.17) is 4.74 Å². The molecule has 1 heterocycles. The Bertz CT molecular complexity index is 412. The van der Waals surface area contributed by atoms with Gasteiger partial charge in [-0.2, -0.15) is 5.10 Å². The van der Waals surface area contributed by atoms with Gasteiger partial charge in [-0.05, 0) is 0 Å². The van der Waals surface area contributed by atoms with Gasteiger partial charge in [-0.25, -0.2) is 0 Å². The van der Waals surface area contributed by atoms with Crippen LogP contribution in [0.15, 0.2) is 6.20 Å². The van der Waals surface area contributed by atoms with Crippen LogP contribution in [-0.4, -0.2) is 35.8 Å². The number of ketones is 1. The molecule has 6 heteroatoms. The highest BCUT2D eigenvalue weighted by atomic mass is 16.5. The van der Waals surface area contributed by atoms with Crippen molar-refractivity contribution in [2.75, 3.05) is 14.2 Å². The van der Waals surface area contributed by atoms with Crippen molar-refractivity contribution in [3.8, 4) is 5.75 Å². The van der Waals surface area contributed by atoms with Crippen molar-refractivity contribution in [1.82, 2.24) is 9.78 Å². The van der Waals surface area contributed by atoms with E-state index in [1.165, 1.54) is 14.2 Å². The van der Waals surface area contributed by atoms with E-state index in [0.717, 1.165) is 0 Å². The number of Topliss-reactive ketones (excluding diaryl/α,β-unsaturated/α-hetero) is 1. The minimum atomic E-state index is -0.379. The first-order valence-electron chi connectivity index (χ1n) is 5.21. The molecule has 0 atom stereocenters. The molecule has 0 radical (unpaired) electrons. The number of aromatic nitrogens is 2. The molecule has 0 unspecified atom stereocenters. The van der Waals surface area contributed by atoms with Crippen molar-refractivity contribution in [2.45, 2.75) is 19.3 Å². The summed E-state index contributed by atoms with van der Waals surface area (Å²) < 4.78 is 11.1. The largest absolute Gasteiger partial charge is 0.493 e. The van der Waals surface area contributed by atoms with Gasteiger partial charge in [0.15, 0.2) is 5.75 Å². The van der Waals surface area contributed by atoms with Crippen LogP contribution >= 0.6 is 0 Å². The van der Waals surface area contributed by atoms with Crippen molar-refractivity contribution >= 4 is 11.8 Å². The molecule has 0 aliphatic rings. The first kappa shape index (κ1) is 13.2. The Hall–Kier alpha value is -1.85. The summed E-state index contributed by atoms with van der Waals surface area (Å²) in [6.45, 7) is 0. The number of nitrogens with zero attached hydrogens (tertiary/aromatic N) is 2. The van der Waals surface area contributed by atoms with Crippen molar-refractivity contribution in [3.63, 3.8) is 0 Å². The van der Waals surface area contributed by atoms with E-state index >= 15 is 0 Å². The second-order valence-electron chi connectivity index (χ2n) is 3.57. The molecular weight excluding hydrogens is 224 g/mol. The number of esters is 1. The Labute approximate surface area is 99.5 Å². The van der Waals surface area contributed by atoms with E-state index in [1.807, 2.05) is 0 Å². The van der Waals surface area contributed by atoms with Gasteiger partial charge >= 0.3 is 5.97 Å². The van der Waals surface area contributed by atoms with Gasteiger partial charge in [-0.1, -0.05) is 0 Å². The number of rotatable bonds is 6. The highest BCUT2D eigenvalue weighted by Gasteiger charge is 2.14. The number of hydrogen-bond acceptors (Lipinski definition) is 5. The lowest BCUT2D eigenvalue weighted by molar-refractivity contribution is -0.141. The number of methoxy groups -OCH3 is 2. The second-order valence-corrected chi connectivity index (χ2v) is 3.57. The highest BCUT2D eigenvalue weighted by Crippen LogP contribution is 2.17. The summed E-state index contributed by atoms with van der Waals surface area (Å²) in [6, 6.07) is 0. The molecule has 0 N–H and O–H groups in total. The highest BCUT2D eigenvalue weighted by molar-refractivity contribution is 5.84. The maximum absolute atomic E-state index is 11.6. The molecule has 1 aromatic heterocycles. The van der Waals surface area contributed by atoms with E-state index in [0.29, 0.717) is 11.4 Å². The minimum absolute atomic E-state index is 0.0442.